The van der Waals surface area contributed by atoms with Gasteiger partial charge in [0.1, 0.15) is 11.9 Å². The van der Waals surface area contributed by atoms with E-state index in [2.05, 4.69) is 5.32 Å². The maximum Gasteiger partial charge on any atom is 0.243 e. The second-order valence-electron chi connectivity index (χ2n) is 11.0. The third-order valence-electron chi connectivity index (χ3n) is 7.18. The minimum atomic E-state index is -3.60. The van der Waals surface area contributed by atoms with E-state index in [0.717, 1.165) is 29.4 Å². The molecule has 1 N–H and O–H groups in total. The predicted molar refractivity (Wildman–Crippen MR) is 166 cm³/mol. The van der Waals surface area contributed by atoms with Crippen molar-refractivity contribution in [3.05, 3.63) is 101 Å². The number of nitrogens with zero attached hydrogens (tertiary/aromatic N) is 2. The molecule has 0 spiro atoms. The molecule has 2 atom stereocenters. The molecule has 0 bridgehead atoms. The molecule has 0 aliphatic rings. The molecule has 0 saturated heterocycles. The molecule has 3 aromatic rings. The molecular weight excluding hydrogens is 553 g/mol. The standard InChI is InChI=1S/C33H42FN3O4S/c1-6-26(4)35-33(39)31(22-27-11-8-7-9-12-27)36(23-28-14-16-29(34)17-15-28)32(38)13-10-18-37(42(5,40)41)30-20-24(2)19-25(3)21-30/h7-9,11-12,14-17,19-21,26,31H,6,10,13,18,22-23H2,1-5H3,(H,35,39)/t26-,31-/m1/s1. The average molecular weight is 596 g/mol. The van der Waals surface area contributed by atoms with E-state index in [4.69, 9.17) is 0 Å². The van der Waals surface area contributed by atoms with Gasteiger partial charge in [-0.3, -0.25) is 13.9 Å². The van der Waals surface area contributed by atoms with Gasteiger partial charge in [-0.05, 0) is 80.1 Å². The van der Waals surface area contributed by atoms with E-state index in [-0.39, 0.29) is 49.6 Å². The summed E-state index contributed by atoms with van der Waals surface area (Å²) in [5.74, 6) is -0.940. The van der Waals surface area contributed by atoms with Crippen molar-refractivity contribution in [1.29, 1.82) is 0 Å². The van der Waals surface area contributed by atoms with Crippen LogP contribution >= 0.6 is 0 Å². The molecule has 3 aromatic carbocycles. The van der Waals surface area contributed by atoms with Gasteiger partial charge in [0.25, 0.3) is 0 Å². The Morgan fingerprint density at radius 1 is 0.929 bits per heavy atom. The van der Waals surface area contributed by atoms with Gasteiger partial charge in [0.15, 0.2) is 0 Å². The molecule has 0 aromatic heterocycles. The van der Waals surface area contributed by atoms with E-state index in [0.29, 0.717) is 17.7 Å². The summed E-state index contributed by atoms with van der Waals surface area (Å²) < 4.78 is 40.4. The molecule has 0 aliphatic heterocycles. The maximum absolute atomic E-state index is 13.9. The molecular formula is C33H42FN3O4S. The number of carbonyl (C=O) groups excluding carboxylic acids is 2. The second kappa shape index (κ2) is 15.0. The Morgan fingerprint density at radius 3 is 2.12 bits per heavy atom. The third-order valence-corrected chi connectivity index (χ3v) is 8.38. The van der Waals surface area contributed by atoms with Crippen LogP contribution in [-0.4, -0.2) is 50.0 Å². The van der Waals surface area contributed by atoms with Gasteiger partial charge in [-0.1, -0.05) is 55.5 Å². The third kappa shape index (κ3) is 9.69. The lowest BCUT2D eigenvalue weighted by Gasteiger charge is -2.32. The van der Waals surface area contributed by atoms with Crippen molar-refractivity contribution in [3.8, 4) is 0 Å². The van der Waals surface area contributed by atoms with Crippen LogP contribution in [0.2, 0.25) is 0 Å². The summed E-state index contributed by atoms with van der Waals surface area (Å²) in [5.41, 5.74) is 4.02. The van der Waals surface area contributed by atoms with Crippen molar-refractivity contribution in [2.24, 2.45) is 0 Å². The molecule has 7 nitrogen and oxygen atoms in total. The van der Waals surface area contributed by atoms with Gasteiger partial charge in [-0.2, -0.15) is 0 Å². The molecule has 0 fully saturated rings. The number of hydrogen-bond acceptors (Lipinski definition) is 4. The molecule has 2 amide bonds. The van der Waals surface area contributed by atoms with Gasteiger partial charge in [0.05, 0.1) is 11.9 Å². The maximum atomic E-state index is 13.9. The SMILES string of the molecule is CC[C@@H](C)NC(=O)[C@@H](Cc1ccccc1)N(Cc1ccc(F)cc1)C(=O)CCCN(c1cc(C)cc(C)c1)S(C)(=O)=O. The Kier molecular flexibility index (Phi) is 11.7. The first-order valence-corrected chi connectivity index (χ1v) is 16.2. The van der Waals surface area contributed by atoms with Crippen molar-refractivity contribution in [2.45, 2.75) is 72.0 Å². The number of sulfonamides is 1. The van der Waals surface area contributed by atoms with E-state index in [1.54, 1.807) is 17.0 Å². The molecule has 0 unspecified atom stereocenters. The highest BCUT2D eigenvalue weighted by Crippen LogP contribution is 2.23. The quantitative estimate of drug-likeness (QED) is 0.265. The lowest BCUT2D eigenvalue weighted by molar-refractivity contribution is -0.141. The zero-order chi connectivity index (χ0) is 30.9. The van der Waals surface area contributed by atoms with Crippen LogP contribution in [0.5, 0.6) is 0 Å². The van der Waals surface area contributed by atoms with E-state index < -0.39 is 16.1 Å². The van der Waals surface area contributed by atoms with Crippen LogP contribution in [0.25, 0.3) is 0 Å². The minimum Gasteiger partial charge on any atom is -0.352 e. The van der Waals surface area contributed by atoms with E-state index in [1.807, 2.05) is 76.2 Å². The lowest BCUT2D eigenvalue weighted by atomic mass is 10.0. The van der Waals surface area contributed by atoms with Gasteiger partial charge in [-0.25, -0.2) is 12.8 Å². The van der Waals surface area contributed by atoms with Crippen molar-refractivity contribution >= 4 is 27.5 Å². The number of nitrogens with one attached hydrogen (secondary N) is 1. The summed E-state index contributed by atoms with van der Waals surface area (Å²) >= 11 is 0. The number of rotatable bonds is 14. The summed E-state index contributed by atoms with van der Waals surface area (Å²) in [5, 5.41) is 3.03. The topological polar surface area (TPSA) is 86.8 Å². The van der Waals surface area contributed by atoms with Crippen molar-refractivity contribution in [3.63, 3.8) is 0 Å². The fourth-order valence-corrected chi connectivity index (χ4v) is 5.83. The van der Waals surface area contributed by atoms with Crippen LogP contribution in [0.4, 0.5) is 10.1 Å². The van der Waals surface area contributed by atoms with Gasteiger partial charge in [0, 0.05) is 32.0 Å². The molecule has 0 aliphatic carbocycles. The van der Waals surface area contributed by atoms with Gasteiger partial charge < -0.3 is 10.2 Å². The number of aryl methyl sites for hydroxylation is 2. The monoisotopic (exact) mass is 595 g/mol. The number of carbonyl (C=O) groups is 2. The van der Waals surface area contributed by atoms with Crippen LogP contribution in [0.15, 0.2) is 72.8 Å². The van der Waals surface area contributed by atoms with Crippen LogP contribution in [0.1, 0.15) is 55.4 Å². The lowest BCUT2D eigenvalue weighted by Crippen LogP contribution is -2.52. The molecule has 42 heavy (non-hydrogen) atoms. The second-order valence-corrected chi connectivity index (χ2v) is 12.9. The van der Waals surface area contributed by atoms with Crippen molar-refractivity contribution in [2.75, 3.05) is 17.1 Å². The summed E-state index contributed by atoms with van der Waals surface area (Å²) in [6.07, 6.45) is 2.47. The first-order valence-electron chi connectivity index (χ1n) is 14.3. The fraction of sp³-hybridized carbons (Fsp3) is 0.394. The van der Waals surface area contributed by atoms with Gasteiger partial charge in [-0.15, -0.1) is 0 Å². The molecule has 0 heterocycles. The highest BCUT2D eigenvalue weighted by molar-refractivity contribution is 7.92. The summed E-state index contributed by atoms with van der Waals surface area (Å²) in [4.78, 5) is 29.0. The number of benzene rings is 3. The Morgan fingerprint density at radius 2 is 1.55 bits per heavy atom. The Labute approximate surface area is 249 Å². The number of hydrogen-bond donors (Lipinski definition) is 1. The molecule has 0 radical (unpaired) electrons. The highest BCUT2D eigenvalue weighted by atomic mass is 32.2. The van der Waals surface area contributed by atoms with E-state index in [9.17, 15) is 22.4 Å². The van der Waals surface area contributed by atoms with Crippen molar-refractivity contribution in [1.82, 2.24) is 10.2 Å². The molecule has 226 valence electrons. The van der Waals surface area contributed by atoms with E-state index in [1.165, 1.54) is 16.4 Å². The summed E-state index contributed by atoms with van der Waals surface area (Å²) in [6, 6.07) is 20.1. The van der Waals surface area contributed by atoms with Crippen LogP contribution in [0.3, 0.4) is 0 Å². The zero-order valence-corrected chi connectivity index (χ0v) is 26.0. The normalized spacial score (nSPS) is 12.8. The summed E-state index contributed by atoms with van der Waals surface area (Å²) in [7, 11) is -3.60. The number of amides is 2. The van der Waals surface area contributed by atoms with Crippen molar-refractivity contribution < 1.29 is 22.4 Å². The first-order chi connectivity index (χ1) is 19.9. The van der Waals surface area contributed by atoms with E-state index >= 15 is 0 Å². The fourth-order valence-electron chi connectivity index (χ4n) is 4.88. The average Bonchev–Trinajstić information content (AvgIpc) is 2.93. The number of anilines is 1. The summed E-state index contributed by atoms with van der Waals surface area (Å²) in [6.45, 7) is 7.92. The van der Waals surface area contributed by atoms with Crippen LogP contribution in [0, 0.1) is 19.7 Å². The Hall–Kier alpha value is -3.72. The zero-order valence-electron chi connectivity index (χ0n) is 25.1. The van der Waals surface area contributed by atoms with Crippen LogP contribution in [-0.2, 0) is 32.6 Å². The minimum absolute atomic E-state index is 0.0277. The predicted octanol–water partition coefficient (Wildman–Crippen LogP) is 5.54. The van der Waals surface area contributed by atoms with Gasteiger partial charge in [0.2, 0.25) is 21.8 Å². The molecule has 9 heteroatoms. The largest absolute Gasteiger partial charge is 0.352 e. The molecule has 3 rings (SSSR count). The molecule has 0 saturated carbocycles. The number of halogens is 1. The first kappa shape index (κ1) is 32.8. The highest BCUT2D eigenvalue weighted by Gasteiger charge is 2.31. The van der Waals surface area contributed by atoms with Gasteiger partial charge >= 0.3 is 0 Å². The Balaban J connectivity index is 1.90. The van der Waals surface area contributed by atoms with Crippen LogP contribution < -0.4 is 9.62 Å². The smallest absolute Gasteiger partial charge is 0.243 e. The Bertz CT molecular complexity index is 1430.